The maximum atomic E-state index is 13.2. The van der Waals surface area contributed by atoms with Gasteiger partial charge in [-0.2, -0.15) is 0 Å². The molecule has 10 heteroatoms. The summed E-state index contributed by atoms with van der Waals surface area (Å²) in [6.07, 6.45) is 1.42. The first-order chi connectivity index (χ1) is 14.9. The third kappa shape index (κ3) is 6.60. The first-order valence-corrected chi connectivity index (χ1v) is 12.6. The number of ether oxygens (including phenoxy) is 2. The fourth-order valence-corrected chi connectivity index (χ4v) is 5.40. The normalized spacial score (nSPS) is 16.7. The van der Waals surface area contributed by atoms with Crippen LogP contribution in [0.3, 0.4) is 0 Å². The van der Waals surface area contributed by atoms with Crippen molar-refractivity contribution in [1.29, 1.82) is 0 Å². The van der Waals surface area contributed by atoms with E-state index < -0.39 is 27.6 Å². The predicted molar refractivity (Wildman–Crippen MR) is 129 cm³/mol. The van der Waals surface area contributed by atoms with Gasteiger partial charge in [-0.25, -0.2) is 13.1 Å². The van der Waals surface area contributed by atoms with E-state index in [4.69, 9.17) is 20.9 Å². The number of nitrogens with zero attached hydrogens (tertiary/aromatic N) is 1. The van der Waals surface area contributed by atoms with Crippen molar-refractivity contribution >= 4 is 22.0 Å². The lowest BCUT2D eigenvalue weighted by atomic mass is 9.94. The van der Waals surface area contributed by atoms with Gasteiger partial charge in [0.15, 0.2) is 0 Å². The van der Waals surface area contributed by atoms with Crippen molar-refractivity contribution < 1.29 is 22.7 Å². The van der Waals surface area contributed by atoms with Gasteiger partial charge in [0.05, 0.1) is 4.90 Å². The summed E-state index contributed by atoms with van der Waals surface area (Å²) in [5.74, 6) is 0.0662. The predicted octanol–water partition coefficient (Wildman–Crippen LogP) is 2.37. The zero-order valence-corrected chi connectivity index (χ0v) is 21.8. The molecule has 0 unspecified atom stereocenters. The molecule has 1 aromatic carbocycles. The zero-order chi connectivity index (χ0) is 25.4. The summed E-state index contributed by atoms with van der Waals surface area (Å²) in [5.41, 5.74) is 13.7. The highest BCUT2D eigenvalue weighted by Crippen LogP contribution is 2.43. The van der Waals surface area contributed by atoms with Gasteiger partial charge in [0.25, 0.3) is 10.0 Å². The number of fused-ring (bicyclic) bond motifs is 1. The van der Waals surface area contributed by atoms with E-state index in [2.05, 4.69) is 9.71 Å². The van der Waals surface area contributed by atoms with Crippen LogP contribution in [0.1, 0.15) is 69.7 Å². The Morgan fingerprint density at radius 1 is 1.21 bits per heavy atom. The van der Waals surface area contributed by atoms with Gasteiger partial charge in [-0.05, 0) is 84.9 Å². The van der Waals surface area contributed by atoms with Crippen molar-refractivity contribution in [3.63, 3.8) is 0 Å². The molecular weight excluding hydrogens is 444 g/mol. The van der Waals surface area contributed by atoms with Gasteiger partial charge in [-0.1, -0.05) is 0 Å². The minimum Gasteiger partial charge on any atom is -0.487 e. The molecule has 1 heterocycles. The number of nitrogens with two attached hydrogens (primary N) is 2. The van der Waals surface area contributed by atoms with Gasteiger partial charge in [0.2, 0.25) is 5.96 Å². The molecular formula is C23H38N4O5S. The first-order valence-electron chi connectivity index (χ1n) is 11.1. The highest BCUT2D eigenvalue weighted by atomic mass is 32.2. The number of hydrogen-bond acceptors (Lipinski definition) is 7. The molecule has 0 bridgehead atoms. The minimum atomic E-state index is -3.95. The molecule has 1 aliphatic rings. The number of aliphatic imine (C=N–C) groups is 1. The molecule has 0 radical (unpaired) electrons. The van der Waals surface area contributed by atoms with E-state index >= 15 is 0 Å². The van der Waals surface area contributed by atoms with Gasteiger partial charge < -0.3 is 20.9 Å². The molecule has 1 atom stereocenters. The van der Waals surface area contributed by atoms with Crippen LogP contribution < -0.4 is 20.9 Å². The monoisotopic (exact) mass is 482 g/mol. The Balaban J connectivity index is 2.09. The fraction of sp³-hybridized carbons (Fsp3) is 0.652. The van der Waals surface area contributed by atoms with E-state index in [9.17, 15) is 13.2 Å². The Kier molecular flexibility index (Phi) is 7.75. The summed E-state index contributed by atoms with van der Waals surface area (Å²) in [4.78, 5) is 16.2. The summed E-state index contributed by atoms with van der Waals surface area (Å²) in [7, 11) is -3.95. The lowest BCUT2D eigenvalue weighted by Gasteiger charge is -2.22. The number of guanidine groups is 1. The number of carbonyl (C=O) groups is 1. The summed E-state index contributed by atoms with van der Waals surface area (Å²) in [6.45, 7) is 14.9. The maximum absolute atomic E-state index is 13.2. The molecule has 0 spiro atoms. The molecule has 0 amide bonds. The van der Waals surface area contributed by atoms with Gasteiger partial charge in [0, 0.05) is 18.5 Å². The van der Waals surface area contributed by atoms with Crippen LogP contribution in [0.4, 0.5) is 0 Å². The Morgan fingerprint density at radius 2 is 1.82 bits per heavy atom. The SMILES string of the molecule is Cc1c(C)c(S(=O)(=O)NC(N)=NCCC[C@@H](N)C(=O)OC(C)(C)C)c(C)c2c1OC(C)(C)C2. The Morgan fingerprint density at radius 3 is 2.39 bits per heavy atom. The van der Waals surface area contributed by atoms with Crippen molar-refractivity contribution in [3.8, 4) is 5.75 Å². The van der Waals surface area contributed by atoms with Gasteiger partial charge in [-0.3, -0.25) is 9.79 Å². The van der Waals surface area contributed by atoms with Crippen LogP contribution in [-0.4, -0.2) is 44.1 Å². The van der Waals surface area contributed by atoms with Crippen LogP contribution in [-0.2, 0) is 26.0 Å². The minimum absolute atomic E-state index is 0.199. The highest BCUT2D eigenvalue weighted by Gasteiger charge is 2.36. The van der Waals surface area contributed by atoms with E-state index in [-0.39, 0.29) is 23.0 Å². The largest absolute Gasteiger partial charge is 0.487 e. The second-order valence-corrected chi connectivity index (χ2v) is 11.8. The molecule has 0 aliphatic carbocycles. The van der Waals surface area contributed by atoms with E-state index in [1.54, 1.807) is 34.6 Å². The van der Waals surface area contributed by atoms with E-state index in [1.807, 2.05) is 20.8 Å². The number of esters is 1. The van der Waals surface area contributed by atoms with Crippen LogP contribution in [0.2, 0.25) is 0 Å². The Hall–Kier alpha value is -2.33. The third-order valence-electron chi connectivity index (χ3n) is 5.46. The summed E-state index contributed by atoms with van der Waals surface area (Å²) >= 11 is 0. The lowest BCUT2D eigenvalue weighted by molar-refractivity contribution is -0.156. The molecule has 0 aromatic heterocycles. The Bertz CT molecular complexity index is 1060. The molecule has 2 rings (SSSR count). The molecule has 0 saturated heterocycles. The Labute approximate surface area is 197 Å². The van der Waals surface area contributed by atoms with Crippen molar-refractivity contribution in [3.05, 3.63) is 22.3 Å². The van der Waals surface area contributed by atoms with Crippen molar-refractivity contribution in [2.45, 2.75) is 96.8 Å². The second kappa shape index (κ2) is 9.50. The van der Waals surface area contributed by atoms with Crippen LogP contribution >= 0.6 is 0 Å². The fourth-order valence-electron chi connectivity index (χ4n) is 3.87. The van der Waals surface area contributed by atoms with Crippen molar-refractivity contribution in [2.24, 2.45) is 16.5 Å². The quantitative estimate of drug-likeness (QED) is 0.234. The number of nitrogens with one attached hydrogen (secondary N) is 1. The number of hydrogen-bond donors (Lipinski definition) is 3. The summed E-state index contributed by atoms with van der Waals surface area (Å²) in [5, 5.41) is 0. The second-order valence-electron chi connectivity index (χ2n) is 10.2. The number of rotatable bonds is 7. The van der Waals surface area contributed by atoms with E-state index in [1.165, 1.54) is 0 Å². The zero-order valence-electron chi connectivity index (χ0n) is 21.0. The first kappa shape index (κ1) is 26.9. The average Bonchev–Trinajstić information content (AvgIpc) is 2.97. The number of sulfonamides is 1. The molecule has 33 heavy (non-hydrogen) atoms. The van der Waals surface area contributed by atoms with Gasteiger partial charge in [-0.15, -0.1) is 0 Å². The third-order valence-corrected chi connectivity index (χ3v) is 7.09. The number of carbonyl (C=O) groups excluding carboxylic acids is 1. The molecule has 1 aliphatic heterocycles. The van der Waals surface area contributed by atoms with Crippen LogP contribution in [0.15, 0.2) is 9.89 Å². The molecule has 9 nitrogen and oxygen atoms in total. The lowest BCUT2D eigenvalue weighted by Crippen LogP contribution is -2.38. The topological polar surface area (TPSA) is 146 Å². The summed E-state index contributed by atoms with van der Waals surface area (Å²) < 4.78 is 40.0. The van der Waals surface area contributed by atoms with Crippen LogP contribution in [0, 0.1) is 20.8 Å². The van der Waals surface area contributed by atoms with Crippen molar-refractivity contribution in [1.82, 2.24) is 4.72 Å². The summed E-state index contributed by atoms with van der Waals surface area (Å²) in [6, 6.07) is -0.775. The van der Waals surface area contributed by atoms with Gasteiger partial charge in [0.1, 0.15) is 23.0 Å². The van der Waals surface area contributed by atoms with Crippen LogP contribution in [0.5, 0.6) is 5.75 Å². The molecule has 5 N–H and O–H groups in total. The molecule has 0 fully saturated rings. The highest BCUT2D eigenvalue weighted by molar-refractivity contribution is 7.90. The van der Waals surface area contributed by atoms with E-state index in [0.717, 1.165) is 16.9 Å². The maximum Gasteiger partial charge on any atom is 0.323 e. The molecule has 0 saturated carbocycles. The van der Waals surface area contributed by atoms with E-state index in [0.29, 0.717) is 30.4 Å². The van der Waals surface area contributed by atoms with Crippen molar-refractivity contribution in [2.75, 3.05) is 6.54 Å². The molecule has 1 aromatic rings. The number of benzene rings is 1. The van der Waals surface area contributed by atoms with Gasteiger partial charge >= 0.3 is 5.97 Å². The average molecular weight is 483 g/mol. The smallest absolute Gasteiger partial charge is 0.323 e. The standard InChI is InChI=1S/C23H38N4O5S/c1-13-14(2)19(15(3)16-12-23(7,8)31-18(13)16)33(29,30)27-21(25)26-11-9-10-17(24)20(28)32-22(4,5)6/h17H,9-12,24H2,1-8H3,(H3,25,26,27)/t17-/m1/s1. The molecule has 186 valence electrons. The van der Waals surface area contributed by atoms with Crippen LogP contribution in [0.25, 0.3) is 0 Å².